The number of fused-ring (bicyclic) bond motifs is 2. The molecule has 3 aromatic carbocycles. The monoisotopic (exact) mass is 455 g/mol. The van der Waals surface area contributed by atoms with Crippen molar-refractivity contribution in [2.24, 2.45) is 0 Å². The summed E-state index contributed by atoms with van der Waals surface area (Å²) >= 11 is 0. The van der Waals surface area contributed by atoms with Gasteiger partial charge in [0.25, 0.3) is 0 Å². The van der Waals surface area contributed by atoms with Crippen molar-refractivity contribution in [2.45, 2.75) is 58.5 Å². The average Bonchev–Trinajstić information content (AvgIpc) is 3.00. The number of hydrogen-bond donors (Lipinski definition) is 1. The molecule has 0 unspecified atom stereocenters. The normalized spacial score (nSPS) is 20.5. The van der Waals surface area contributed by atoms with Crippen LogP contribution in [-0.4, -0.2) is 22.6 Å². The van der Waals surface area contributed by atoms with Gasteiger partial charge in [0.1, 0.15) is 11.4 Å². The molecular formula is C29H29NO4. The first kappa shape index (κ1) is 22.2. The lowest BCUT2D eigenvalue weighted by atomic mass is 9.76. The van der Waals surface area contributed by atoms with E-state index in [-0.39, 0.29) is 17.1 Å². The van der Waals surface area contributed by atoms with E-state index in [2.05, 4.69) is 26.0 Å². The molecule has 5 heteroatoms. The number of rotatable bonds is 3. The molecule has 3 aromatic rings. The highest BCUT2D eigenvalue weighted by atomic mass is 16.5. The lowest BCUT2D eigenvalue weighted by molar-refractivity contribution is -0.120. The second-order valence-electron chi connectivity index (χ2n) is 10.3. The molecule has 2 aliphatic heterocycles. The molecule has 5 rings (SSSR count). The summed E-state index contributed by atoms with van der Waals surface area (Å²) in [6.07, 6.45) is 1.81. The summed E-state index contributed by atoms with van der Waals surface area (Å²) in [5, 5.41) is 9.65. The van der Waals surface area contributed by atoms with Gasteiger partial charge in [0.05, 0.1) is 16.7 Å². The Morgan fingerprint density at radius 1 is 1.00 bits per heavy atom. The van der Waals surface area contributed by atoms with Crippen molar-refractivity contribution in [1.82, 2.24) is 0 Å². The number of anilines is 2. The summed E-state index contributed by atoms with van der Waals surface area (Å²) in [4.78, 5) is 27.6. The number of carbonyl (C=O) groups is 2. The summed E-state index contributed by atoms with van der Waals surface area (Å²) in [5.41, 5.74) is 5.12. The zero-order valence-corrected chi connectivity index (χ0v) is 20.2. The van der Waals surface area contributed by atoms with Gasteiger partial charge in [0.2, 0.25) is 5.91 Å². The molecule has 0 saturated carbocycles. The van der Waals surface area contributed by atoms with Gasteiger partial charge in [0, 0.05) is 5.69 Å². The molecule has 1 amide bonds. The van der Waals surface area contributed by atoms with Crippen molar-refractivity contribution >= 4 is 23.3 Å². The Morgan fingerprint density at radius 3 is 2.50 bits per heavy atom. The fourth-order valence-corrected chi connectivity index (χ4v) is 5.18. The minimum Gasteiger partial charge on any atom is -0.488 e. The van der Waals surface area contributed by atoms with E-state index >= 15 is 0 Å². The standard InChI is InChI=1S/C29H29NO4/c1-17-6-10-24-23(14-17)29(5,20-8-11-25-19(15-20)12-13-28(3,4)34-25)27(33)30(24)21-9-7-18(2)22(16-21)26(31)32/h6-11,14-16H,12-13H2,1-5H3,(H,31,32)/t29-/m1/s1. The molecule has 0 spiro atoms. The number of amides is 1. The number of aryl methyl sites for hydroxylation is 3. The topological polar surface area (TPSA) is 66.8 Å². The number of carbonyl (C=O) groups excluding carboxylic acids is 1. The Balaban J connectivity index is 1.67. The lowest BCUT2D eigenvalue weighted by Crippen LogP contribution is -2.37. The first-order valence-electron chi connectivity index (χ1n) is 11.6. The van der Waals surface area contributed by atoms with Crippen LogP contribution in [-0.2, 0) is 16.6 Å². The van der Waals surface area contributed by atoms with Crippen LogP contribution in [0.15, 0.2) is 54.6 Å². The highest BCUT2D eigenvalue weighted by Gasteiger charge is 2.49. The number of carboxylic acids is 1. The van der Waals surface area contributed by atoms with Crippen molar-refractivity contribution in [3.63, 3.8) is 0 Å². The second-order valence-corrected chi connectivity index (χ2v) is 10.3. The van der Waals surface area contributed by atoms with Crippen LogP contribution in [0.5, 0.6) is 5.75 Å². The smallest absolute Gasteiger partial charge is 0.336 e. The molecule has 0 radical (unpaired) electrons. The zero-order chi connectivity index (χ0) is 24.4. The van der Waals surface area contributed by atoms with Crippen LogP contribution in [0.4, 0.5) is 11.4 Å². The van der Waals surface area contributed by atoms with E-state index in [0.29, 0.717) is 11.3 Å². The van der Waals surface area contributed by atoms with Crippen LogP contribution in [0.25, 0.3) is 0 Å². The quantitative estimate of drug-likeness (QED) is 0.519. The van der Waals surface area contributed by atoms with Gasteiger partial charge < -0.3 is 9.84 Å². The van der Waals surface area contributed by atoms with E-state index in [0.717, 1.165) is 46.5 Å². The number of carboxylic acid groups (broad SMARTS) is 1. The van der Waals surface area contributed by atoms with E-state index in [4.69, 9.17) is 4.74 Å². The SMILES string of the molecule is Cc1ccc2c(c1)[C@@](C)(c1ccc3c(c1)CCC(C)(C)O3)C(=O)N2c1ccc(C)c(C(=O)O)c1. The molecular weight excluding hydrogens is 426 g/mol. The Morgan fingerprint density at radius 2 is 1.76 bits per heavy atom. The van der Waals surface area contributed by atoms with E-state index in [1.54, 1.807) is 24.0 Å². The summed E-state index contributed by atoms with van der Waals surface area (Å²) in [5.74, 6) is -0.221. The van der Waals surface area contributed by atoms with E-state index in [1.807, 2.05) is 44.2 Å². The maximum atomic E-state index is 14.2. The largest absolute Gasteiger partial charge is 0.488 e. The molecule has 0 saturated heterocycles. The molecule has 1 atom stereocenters. The van der Waals surface area contributed by atoms with Gasteiger partial charge in [-0.05, 0) is 94.0 Å². The maximum absolute atomic E-state index is 14.2. The van der Waals surface area contributed by atoms with Crippen molar-refractivity contribution in [2.75, 3.05) is 4.90 Å². The number of hydrogen-bond acceptors (Lipinski definition) is 3. The van der Waals surface area contributed by atoms with E-state index in [9.17, 15) is 14.7 Å². The summed E-state index contributed by atoms with van der Waals surface area (Å²) < 4.78 is 6.17. The number of benzene rings is 3. The third-order valence-corrected chi connectivity index (χ3v) is 7.29. The molecule has 174 valence electrons. The van der Waals surface area contributed by atoms with Crippen LogP contribution >= 0.6 is 0 Å². The summed E-state index contributed by atoms with van der Waals surface area (Å²) in [6, 6.07) is 17.3. The Bertz CT molecular complexity index is 1360. The van der Waals surface area contributed by atoms with Gasteiger partial charge in [-0.25, -0.2) is 4.79 Å². The number of nitrogens with zero attached hydrogens (tertiary/aromatic N) is 1. The van der Waals surface area contributed by atoms with Gasteiger partial charge >= 0.3 is 5.97 Å². The van der Waals surface area contributed by atoms with Gasteiger partial charge in [-0.1, -0.05) is 35.9 Å². The molecule has 2 aliphatic rings. The molecule has 0 fully saturated rings. The second kappa shape index (κ2) is 7.45. The minimum atomic E-state index is -1.00. The summed E-state index contributed by atoms with van der Waals surface area (Å²) in [7, 11) is 0. The van der Waals surface area contributed by atoms with Gasteiger partial charge in [-0.2, -0.15) is 0 Å². The van der Waals surface area contributed by atoms with Crippen LogP contribution in [0.3, 0.4) is 0 Å². The van der Waals surface area contributed by atoms with Gasteiger partial charge in [-0.15, -0.1) is 0 Å². The highest BCUT2D eigenvalue weighted by Crippen LogP contribution is 2.50. The van der Waals surface area contributed by atoms with Crippen LogP contribution < -0.4 is 9.64 Å². The first-order valence-corrected chi connectivity index (χ1v) is 11.6. The number of aromatic carboxylic acids is 1. The van der Waals surface area contributed by atoms with E-state index < -0.39 is 11.4 Å². The van der Waals surface area contributed by atoms with E-state index in [1.165, 1.54) is 0 Å². The van der Waals surface area contributed by atoms with Crippen molar-refractivity contribution in [3.8, 4) is 5.75 Å². The predicted octanol–water partition coefficient (Wildman–Crippen LogP) is 6.09. The fraction of sp³-hybridized carbons (Fsp3) is 0.310. The summed E-state index contributed by atoms with van der Waals surface area (Å²) in [6.45, 7) is 9.93. The third kappa shape index (κ3) is 3.30. The average molecular weight is 456 g/mol. The lowest BCUT2D eigenvalue weighted by Gasteiger charge is -2.34. The zero-order valence-electron chi connectivity index (χ0n) is 20.2. The molecule has 2 heterocycles. The van der Waals surface area contributed by atoms with Crippen LogP contribution in [0.2, 0.25) is 0 Å². The molecule has 0 aromatic heterocycles. The van der Waals surface area contributed by atoms with Crippen molar-refractivity contribution < 1.29 is 19.4 Å². The van der Waals surface area contributed by atoms with Crippen molar-refractivity contribution in [1.29, 1.82) is 0 Å². The molecule has 1 N–H and O–H groups in total. The van der Waals surface area contributed by atoms with Crippen molar-refractivity contribution in [3.05, 3.63) is 88.0 Å². The maximum Gasteiger partial charge on any atom is 0.336 e. The Hall–Kier alpha value is -3.60. The van der Waals surface area contributed by atoms with Crippen LogP contribution in [0, 0.1) is 13.8 Å². The number of ether oxygens (including phenoxy) is 1. The molecule has 34 heavy (non-hydrogen) atoms. The van der Waals surface area contributed by atoms with Crippen LogP contribution in [0.1, 0.15) is 65.4 Å². The third-order valence-electron chi connectivity index (χ3n) is 7.29. The first-order chi connectivity index (χ1) is 16.0. The Labute approximate surface area is 200 Å². The predicted molar refractivity (Wildman–Crippen MR) is 132 cm³/mol. The Kier molecular flexibility index (Phi) is 4.87. The molecule has 0 aliphatic carbocycles. The van der Waals surface area contributed by atoms with Gasteiger partial charge in [-0.3, -0.25) is 9.69 Å². The minimum absolute atomic E-state index is 0.0923. The highest BCUT2D eigenvalue weighted by molar-refractivity contribution is 6.15. The van der Waals surface area contributed by atoms with Gasteiger partial charge in [0.15, 0.2) is 0 Å². The fourth-order valence-electron chi connectivity index (χ4n) is 5.18. The molecule has 0 bridgehead atoms. The molecule has 5 nitrogen and oxygen atoms in total.